The van der Waals surface area contributed by atoms with E-state index in [2.05, 4.69) is 39.1 Å². The molecule has 2 aromatic heterocycles. The van der Waals surface area contributed by atoms with Crippen LogP contribution in [0.25, 0.3) is 0 Å². The summed E-state index contributed by atoms with van der Waals surface area (Å²) in [5, 5.41) is 0. The minimum Gasteiger partial charge on any atom is -0.484 e. The van der Waals surface area contributed by atoms with Gasteiger partial charge in [-0.2, -0.15) is 0 Å². The number of carbonyl (C=O) groups is 2. The quantitative estimate of drug-likeness (QED) is 0.298. The number of amides is 2. The molecule has 0 saturated carbocycles. The molecular weight excluding hydrogens is 598 g/mol. The fourth-order valence-corrected chi connectivity index (χ4v) is 6.43. The molecule has 0 aliphatic carbocycles. The van der Waals surface area contributed by atoms with Crippen molar-refractivity contribution in [2.45, 2.75) is 26.2 Å². The fourth-order valence-electron chi connectivity index (χ4n) is 6.43. The molecule has 2 aromatic carbocycles. The monoisotopic (exact) mass is 637 g/mol. The molecule has 47 heavy (non-hydrogen) atoms. The summed E-state index contributed by atoms with van der Waals surface area (Å²) < 4.78 is 23.1. The van der Waals surface area contributed by atoms with Crippen LogP contribution in [-0.2, 0) is 6.54 Å². The second kappa shape index (κ2) is 14.1. The number of aldehydes is 1. The molecule has 2 N–H and O–H groups in total. The Hall–Kier alpha value is -5.16. The maximum Gasteiger partial charge on any atom is 0.314 e. The Kier molecular flexibility index (Phi) is 9.53. The first-order valence-corrected chi connectivity index (χ1v) is 15.4. The van der Waals surface area contributed by atoms with Crippen molar-refractivity contribution in [3.05, 3.63) is 107 Å². The van der Waals surface area contributed by atoms with E-state index in [0.29, 0.717) is 53.9 Å². The maximum absolute atomic E-state index is 11.3. The molecule has 11 heteroatoms. The first-order valence-electron chi connectivity index (χ1n) is 15.4. The van der Waals surface area contributed by atoms with Gasteiger partial charge >= 0.3 is 6.03 Å². The summed E-state index contributed by atoms with van der Waals surface area (Å²) in [6, 6.07) is 22.9. The number of urea groups is 1. The van der Waals surface area contributed by atoms with E-state index in [1.54, 1.807) is 35.5 Å². The Bertz CT molecular complexity index is 1670. The van der Waals surface area contributed by atoms with Crippen LogP contribution in [0.3, 0.4) is 0 Å². The number of aromatic nitrogens is 2. The predicted octanol–water partition coefficient (Wildman–Crippen LogP) is 5.08. The summed E-state index contributed by atoms with van der Waals surface area (Å²) in [6.45, 7) is 5.50. The van der Waals surface area contributed by atoms with Crippen LogP contribution in [0.4, 0.5) is 4.79 Å². The SMILES string of the molecule is C.NC(=O)N1CC2CN(Cc3ccc([C@H]4COc5cccnc5O4)cc3)CC2C1.O=Cc1ccc([C@H]2COc3cccnc3O2)cc1. The van der Waals surface area contributed by atoms with Gasteiger partial charge in [-0.05, 0) is 52.8 Å². The largest absolute Gasteiger partial charge is 0.484 e. The molecule has 6 heterocycles. The number of primary amides is 1. The molecule has 4 atom stereocenters. The summed E-state index contributed by atoms with van der Waals surface area (Å²) >= 11 is 0. The number of pyridine rings is 2. The minimum atomic E-state index is -0.289. The van der Waals surface area contributed by atoms with E-state index in [4.69, 9.17) is 24.7 Å². The van der Waals surface area contributed by atoms with Gasteiger partial charge in [0.2, 0.25) is 0 Å². The van der Waals surface area contributed by atoms with Gasteiger partial charge in [0.15, 0.2) is 23.7 Å². The zero-order chi connectivity index (χ0) is 31.5. The van der Waals surface area contributed by atoms with Gasteiger partial charge in [-0.1, -0.05) is 56.0 Å². The molecule has 2 amide bonds. The van der Waals surface area contributed by atoms with Crippen LogP contribution in [0.5, 0.6) is 23.3 Å². The van der Waals surface area contributed by atoms with Crippen molar-refractivity contribution >= 4 is 12.3 Å². The van der Waals surface area contributed by atoms with Gasteiger partial charge in [0.25, 0.3) is 11.8 Å². The lowest BCUT2D eigenvalue weighted by molar-refractivity contribution is 0.0850. The maximum atomic E-state index is 11.3. The number of nitrogens with zero attached hydrogens (tertiary/aromatic N) is 4. The number of carbonyl (C=O) groups excluding carboxylic acids is 2. The van der Waals surface area contributed by atoms with Crippen LogP contribution >= 0.6 is 0 Å². The topological polar surface area (TPSA) is 129 Å². The number of nitrogens with two attached hydrogens (primary N) is 1. The molecule has 0 spiro atoms. The van der Waals surface area contributed by atoms with Gasteiger partial charge in [-0.3, -0.25) is 9.69 Å². The second-order valence-electron chi connectivity index (χ2n) is 11.9. The summed E-state index contributed by atoms with van der Waals surface area (Å²) in [6.07, 6.45) is 3.87. The van der Waals surface area contributed by atoms with E-state index < -0.39 is 0 Å². The van der Waals surface area contributed by atoms with Crippen LogP contribution in [-0.4, -0.2) is 71.5 Å². The highest BCUT2D eigenvalue weighted by Gasteiger charge is 2.41. The number of rotatable bonds is 5. The molecule has 4 aliphatic heterocycles. The lowest BCUT2D eigenvalue weighted by Crippen LogP contribution is -2.36. The second-order valence-corrected chi connectivity index (χ2v) is 11.9. The lowest BCUT2D eigenvalue weighted by Gasteiger charge is -2.26. The van der Waals surface area contributed by atoms with E-state index in [1.165, 1.54) is 5.56 Å². The molecule has 4 aromatic rings. The Balaban J connectivity index is 0.000000176. The van der Waals surface area contributed by atoms with Crippen LogP contribution in [0, 0.1) is 11.8 Å². The van der Waals surface area contributed by atoms with Crippen molar-refractivity contribution in [1.82, 2.24) is 19.8 Å². The smallest absolute Gasteiger partial charge is 0.314 e. The number of fused-ring (bicyclic) bond motifs is 3. The van der Waals surface area contributed by atoms with Crippen LogP contribution in [0.15, 0.2) is 85.2 Å². The lowest BCUT2D eigenvalue weighted by atomic mass is 10.0. The molecule has 4 aliphatic rings. The molecule has 0 bridgehead atoms. The van der Waals surface area contributed by atoms with Crippen LogP contribution < -0.4 is 24.7 Å². The summed E-state index contributed by atoms with van der Waals surface area (Å²) in [7, 11) is 0. The zero-order valence-electron chi connectivity index (χ0n) is 25.2. The molecule has 11 nitrogen and oxygen atoms in total. The predicted molar refractivity (Wildman–Crippen MR) is 175 cm³/mol. The average Bonchev–Trinajstić information content (AvgIpc) is 3.68. The Labute approximate surface area is 274 Å². The average molecular weight is 638 g/mol. The Morgan fingerprint density at radius 3 is 1.77 bits per heavy atom. The molecular formula is C36H39N5O6. The number of likely N-dealkylation sites (tertiary alicyclic amines) is 2. The Morgan fingerprint density at radius 1 is 0.766 bits per heavy atom. The molecule has 8 rings (SSSR count). The fraction of sp³-hybridized carbons (Fsp3) is 0.333. The van der Waals surface area contributed by atoms with Crippen molar-refractivity contribution in [3.63, 3.8) is 0 Å². The van der Waals surface area contributed by atoms with E-state index in [9.17, 15) is 9.59 Å². The number of hydrogen-bond acceptors (Lipinski definition) is 9. The highest BCUT2D eigenvalue weighted by atomic mass is 16.6. The standard InChI is InChI=1S/C21H24N4O3.C14H11NO3.CH4/c22-21(26)25-11-16-9-24(10-17(16)12-25)8-14-3-5-15(6-4-14)19-13-27-18-2-1-7-23-20(18)28-19;16-8-10-3-5-11(6-4-10)13-9-17-12-2-1-7-15-14(12)18-13;/h1-7,16-17,19H,8-13H2,(H2,22,26);1-8,13H,9H2;1H4/t16?,17?,19-;13-;/m11./s1. The number of ether oxygens (including phenoxy) is 4. The summed E-state index contributed by atoms with van der Waals surface area (Å²) in [5.41, 5.74) is 9.40. The van der Waals surface area contributed by atoms with Gasteiger partial charge in [-0.25, -0.2) is 14.8 Å². The zero-order valence-corrected chi connectivity index (χ0v) is 25.2. The van der Waals surface area contributed by atoms with Crippen molar-refractivity contribution < 1.29 is 28.5 Å². The van der Waals surface area contributed by atoms with Crippen molar-refractivity contribution in [2.24, 2.45) is 17.6 Å². The van der Waals surface area contributed by atoms with E-state index in [1.807, 2.05) is 30.3 Å². The van der Waals surface area contributed by atoms with Gasteiger partial charge in [0.1, 0.15) is 19.5 Å². The first kappa shape index (κ1) is 31.8. The van der Waals surface area contributed by atoms with Gasteiger partial charge < -0.3 is 29.6 Å². The van der Waals surface area contributed by atoms with Crippen LogP contribution in [0.1, 0.15) is 46.7 Å². The third-order valence-corrected chi connectivity index (χ3v) is 8.84. The van der Waals surface area contributed by atoms with Crippen molar-refractivity contribution in [2.75, 3.05) is 39.4 Å². The molecule has 0 radical (unpaired) electrons. The third kappa shape index (κ3) is 7.15. The third-order valence-electron chi connectivity index (χ3n) is 8.84. The molecule has 2 unspecified atom stereocenters. The van der Waals surface area contributed by atoms with Crippen molar-refractivity contribution in [3.8, 4) is 23.3 Å². The first-order chi connectivity index (χ1) is 22.5. The molecule has 2 saturated heterocycles. The summed E-state index contributed by atoms with van der Waals surface area (Å²) in [4.78, 5) is 34.6. The highest BCUT2D eigenvalue weighted by molar-refractivity contribution is 5.74. The molecule has 2 fully saturated rings. The van der Waals surface area contributed by atoms with Crippen molar-refractivity contribution in [1.29, 1.82) is 0 Å². The normalized spacial score (nSPS) is 22.3. The number of benzene rings is 2. The molecule has 244 valence electrons. The van der Waals surface area contributed by atoms with Gasteiger partial charge in [0, 0.05) is 50.7 Å². The van der Waals surface area contributed by atoms with E-state index >= 15 is 0 Å². The van der Waals surface area contributed by atoms with Gasteiger partial charge in [0.05, 0.1) is 0 Å². The number of hydrogen-bond donors (Lipinski definition) is 1. The highest BCUT2D eigenvalue weighted by Crippen LogP contribution is 2.36. The minimum absolute atomic E-state index is 0. The summed E-state index contributed by atoms with van der Waals surface area (Å²) in [5.74, 6) is 3.52. The van der Waals surface area contributed by atoms with Crippen LogP contribution in [0.2, 0.25) is 0 Å². The van der Waals surface area contributed by atoms with E-state index in [0.717, 1.165) is 50.1 Å². The Morgan fingerprint density at radius 2 is 1.28 bits per heavy atom. The van der Waals surface area contributed by atoms with Gasteiger partial charge in [-0.15, -0.1) is 0 Å². The van der Waals surface area contributed by atoms with E-state index in [-0.39, 0.29) is 25.7 Å².